The van der Waals surface area contributed by atoms with E-state index in [0.29, 0.717) is 33.7 Å². The molecule has 0 saturated heterocycles. The lowest BCUT2D eigenvalue weighted by Crippen LogP contribution is -2.30. The van der Waals surface area contributed by atoms with Crippen molar-refractivity contribution in [3.63, 3.8) is 0 Å². The Morgan fingerprint density at radius 3 is 2.65 bits per heavy atom. The maximum absolute atomic E-state index is 14.2. The van der Waals surface area contributed by atoms with Crippen molar-refractivity contribution in [2.24, 2.45) is 7.05 Å². The lowest BCUT2D eigenvalue weighted by atomic mass is 10.1. The van der Waals surface area contributed by atoms with Gasteiger partial charge in [-0.25, -0.2) is 4.98 Å². The van der Waals surface area contributed by atoms with Crippen LogP contribution in [-0.2, 0) is 7.05 Å². The quantitative estimate of drug-likeness (QED) is 0.327. The summed E-state index contributed by atoms with van der Waals surface area (Å²) in [4.78, 5) is 28.1. The van der Waals surface area contributed by atoms with Gasteiger partial charge in [-0.1, -0.05) is 42.7 Å². The van der Waals surface area contributed by atoms with Gasteiger partial charge in [0.05, 0.1) is 39.9 Å². The molecule has 0 aliphatic carbocycles. The Morgan fingerprint density at radius 2 is 1.85 bits per heavy atom. The van der Waals surface area contributed by atoms with E-state index in [9.17, 15) is 4.79 Å². The molecule has 0 unspecified atom stereocenters. The molecule has 194 valence electrons. The van der Waals surface area contributed by atoms with E-state index in [1.165, 1.54) is 0 Å². The van der Waals surface area contributed by atoms with Crippen LogP contribution in [0.1, 0.15) is 35.5 Å². The van der Waals surface area contributed by atoms with Gasteiger partial charge in [-0.15, -0.1) is 0 Å². The number of hydrogen-bond acceptors (Lipinski definition) is 6. The van der Waals surface area contributed by atoms with Gasteiger partial charge in [-0.05, 0) is 43.3 Å². The molecular weight excluding hydrogens is 498 g/mol. The first-order valence-corrected chi connectivity index (χ1v) is 12.8. The highest BCUT2D eigenvalue weighted by Gasteiger charge is 2.20. The summed E-state index contributed by atoms with van der Waals surface area (Å²) in [6.45, 7) is 6.22. The first kappa shape index (κ1) is 24.8. The van der Waals surface area contributed by atoms with E-state index in [1.807, 2.05) is 80.8 Å². The molecule has 40 heavy (non-hydrogen) atoms. The van der Waals surface area contributed by atoms with Gasteiger partial charge in [0, 0.05) is 54.0 Å². The topological polar surface area (TPSA) is 90.5 Å². The molecule has 0 amide bonds. The molecule has 8 heteroatoms. The van der Waals surface area contributed by atoms with Crippen LogP contribution in [0.3, 0.4) is 0 Å². The molecule has 0 aliphatic heterocycles. The second-order valence-corrected chi connectivity index (χ2v) is 9.41. The number of aromatic nitrogens is 6. The number of nitrogens with one attached hydrogen (secondary N) is 1. The van der Waals surface area contributed by atoms with Crippen molar-refractivity contribution >= 4 is 27.5 Å². The van der Waals surface area contributed by atoms with Crippen LogP contribution >= 0.6 is 0 Å². The van der Waals surface area contributed by atoms with Crippen LogP contribution in [-0.4, -0.2) is 29.3 Å². The molecule has 8 nitrogen and oxygen atoms in total. The standard InChI is InChI=1S/C32H25N7O/c1-21(27-19-33-18-25-10-8-16-34-30(25)27)36-22(2)31-37-28-13-7-9-24(15-14-23-17-35-38(3)20-23)29(28)32(40)39(31)26-11-5-4-6-12-26/h4-13,16-20,22,36H,1H2,2-3H3/t22-/m1/s1. The normalized spacial score (nSPS) is 11.7. The Bertz CT molecular complexity index is 2010. The Morgan fingerprint density at radius 1 is 1.00 bits per heavy atom. The summed E-state index contributed by atoms with van der Waals surface area (Å²) in [5.74, 6) is 6.81. The van der Waals surface area contributed by atoms with Crippen LogP contribution in [0.15, 0.2) is 103 Å². The SMILES string of the molecule is C=C(N[C@H](C)c1nc2cccc(C#Cc3cnn(C)c3)c2c(=O)n1-c1ccccc1)c1cncc2cccnc12. The number of pyridine rings is 2. The largest absolute Gasteiger partial charge is 0.375 e. The highest BCUT2D eigenvalue weighted by molar-refractivity contribution is 5.89. The molecule has 1 atom stereocenters. The molecule has 0 aliphatic rings. The third kappa shape index (κ3) is 4.61. The maximum atomic E-state index is 14.2. The number of rotatable bonds is 5. The fourth-order valence-corrected chi connectivity index (χ4v) is 4.72. The van der Waals surface area contributed by atoms with Crippen LogP contribution < -0.4 is 10.9 Å². The van der Waals surface area contributed by atoms with Crippen LogP contribution in [0.5, 0.6) is 0 Å². The second kappa shape index (κ2) is 10.3. The lowest BCUT2D eigenvalue weighted by molar-refractivity contribution is 0.624. The van der Waals surface area contributed by atoms with Gasteiger partial charge in [-0.3, -0.25) is 24.0 Å². The van der Waals surface area contributed by atoms with E-state index in [0.717, 1.165) is 22.0 Å². The van der Waals surface area contributed by atoms with Gasteiger partial charge in [0.2, 0.25) is 0 Å². The van der Waals surface area contributed by atoms with Crippen LogP contribution in [0, 0.1) is 11.8 Å². The highest BCUT2D eigenvalue weighted by Crippen LogP contribution is 2.24. The molecule has 0 bridgehead atoms. The minimum atomic E-state index is -0.381. The summed E-state index contributed by atoms with van der Waals surface area (Å²) in [6, 6.07) is 18.5. The molecule has 0 saturated carbocycles. The van der Waals surface area contributed by atoms with Gasteiger partial charge in [-0.2, -0.15) is 5.10 Å². The summed E-state index contributed by atoms with van der Waals surface area (Å²) < 4.78 is 3.33. The Balaban J connectivity index is 1.47. The van der Waals surface area contributed by atoms with Gasteiger partial charge in [0.15, 0.2) is 0 Å². The molecule has 0 fully saturated rings. The van der Waals surface area contributed by atoms with Gasteiger partial charge in [0.25, 0.3) is 5.56 Å². The van der Waals surface area contributed by atoms with Crippen molar-refractivity contribution < 1.29 is 0 Å². The van der Waals surface area contributed by atoms with Crippen LogP contribution in [0.25, 0.3) is 33.2 Å². The zero-order chi connectivity index (χ0) is 27.6. The monoisotopic (exact) mass is 523 g/mol. The summed E-state index contributed by atoms with van der Waals surface area (Å²) in [5.41, 5.74) is 4.66. The number of benzene rings is 2. The molecule has 4 heterocycles. The minimum Gasteiger partial charge on any atom is -0.375 e. The molecule has 6 aromatic rings. The third-order valence-electron chi connectivity index (χ3n) is 6.60. The molecular formula is C32H25N7O. The van der Waals surface area contributed by atoms with Crippen molar-refractivity contribution in [1.29, 1.82) is 0 Å². The summed E-state index contributed by atoms with van der Waals surface area (Å²) >= 11 is 0. The summed E-state index contributed by atoms with van der Waals surface area (Å²) in [7, 11) is 1.84. The first-order valence-electron chi connectivity index (χ1n) is 12.8. The zero-order valence-corrected chi connectivity index (χ0v) is 22.0. The predicted molar refractivity (Wildman–Crippen MR) is 157 cm³/mol. The number of para-hydroxylation sites is 1. The van der Waals surface area contributed by atoms with E-state index in [1.54, 1.807) is 34.0 Å². The molecule has 1 N–H and O–H groups in total. The molecule has 6 rings (SSSR count). The fourth-order valence-electron chi connectivity index (χ4n) is 4.72. The van der Waals surface area contributed by atoms with E-state index < -0.39 is 0 Å². The lowest BCUT2D eigenvalue weighted by Gasteiger charge is -2.22. The highest BCUT2D eigenvalue weighted by atomic mass is 16.1. The van der Waals surface area contributed by atoms with Crippen molar-refractivity contribution in [3.8, 4) is 17.5 Å². The van der Waals surface area contributed by atoms with Gasteiger partial charge >= 0.3 is 0 Å². The summed E-state index contributed by atoms with van der Waals surface area (Å²) in [6.07, 6.45) is 8.78. The van der Waals surface area contributed by atoms with Crippen LogP contribution in [0.4, 0.5) is 0 Å². The molecule has 2 aromatic carbocycles. The molecule has 4 aromatic heterocycles. The van der Waals surface area contributed by atoms with E-state index in [-0.39, 0.29) is 11.6 Å². The summed E-state index contributed by atoms with van der Waals surface area (Å²) in [5, 5.41) is 8.98. The number of aryl methyl sites for hydroxylation is 1. The molecule has 0 spiro atoms. The fraction of sp³-hybridized carbons (Fsp3) is 0.0938. The third-order valence-corrected chi connectivity index (χ3v) is 6.60. The van der Waals surface area contributed by atoms with Crippen LogP contribution in [0.2, 0.25) is 0 Å². The van der Waals surface area contributed by atoms with Crippen molar-refractivity contribution in [2.45, 2.75) is 13.0 Å². The second-order valence-electron chi connectivity index (χ2n) is 9.41. The van der Waals surface area contributed by atoms with Crippen molar-refractivity contribution in [2.75, 3.05) is 0 Å². The predicted octanol–water partition coefficient (Wildman–Crippen LogP) is 4.78. The Labute approximate surface area is 230 Å². The average molecular weight is 524 g/mol. The number of hydrogen-bond donors (Lipinski definition) is 1. The average Bonchev–Trinajstić information content (AvgIpc) is 3.40. The Hall–Kier alpha value is -5.55. The van der Waals surface area contributed by atoms with Crippen molar-refractivity contribution in [1.82, 2.24) is 34.6 Å². The number of fused-ring (bicyclic) bond motifs is 2. The number of nitrogens with zero attached hydrogens (tertiary/aromatic N) is 6. The zero-order valence-electron chi connectivity index (χ0n) is 22.0. The van der Waals surface area contributed by atoms with E-state index >= 15 is 0 Å². The minimum absolute atomic E-state index is 0.199. The van der Waals surface area contributed by atoms with Gasteiger partial charge < -0.3 is 5.32 Å². The maximum Gasteiger partial charge on any atom is 0.267 e. The van der Waals surface area contributed by atoms with Gasteiger partial charge in [0.1, 0.15) is 5.82 Å². The first-order chi connectivity index (χ1) is 19.5. The molecule has 0 radical (unpaired) electrons. The van der Waals surface area contributed by atoms with E-state index in [4.69, 9.17) is 4.98 Å². The van der Waals surface area contributed by atoms with E-state index in [2.05, 4.69) is 38.8 Å². The van der Waals surface area contributed by atoms with Crippen molar-refractivity contribution in [3.05, 3.63) is 131 Å². The smallest absolute Gasteiger partial charge is 0.267 e. The Kier molecular flexibility index (Phi) is 6.38.